The summed E-state index contributed by atoms with van der Waals surface area (Å²) in [6.07, 6.45) is 1.63. The molecule has 4 nitrogen and oxygen atoms in total. The Morgan fingerprint density at radius 2 is 1.95 bits per heavy atom. The van der Waals surface area contributed by atoms with E-state index in [1.165, 1.54) is 4.31 Å². The second kappa shape index (κ2) is 5.81. The molecule has 2 rings (SSSR count). The van der Waals surface area contributed by atoms with Crippen LogP contribution in [-0.2, 0) is 10.0 Å². The first-order valence-corrected chi connectivity index (χ1v) is 8.58. The number of aryl methyl sites for hydroxylation is 1. The van der Waals surface area contributed by atoms with E-state index in [1.54, 1.807) is 19.9 Å². The van der Waals surface area contributed by atoms with Crippen LogP contribution in [0.1, 0.15) is 24.0 Å². The summed E-state index contributed by atoms with van der Waals surface area (Å²) in [6.45, 7) is 3.23. The number of halogens is 2. The molecule has 0 bridgehead atoms. The Balaban J connectivity index is 2.59. The summed E-state index contributed by atoms with van der Waals surface area (Å²) in [5, 5.41) is 9.69. The predicted octanol–water partition coefficient (Wildman–Crippen LogP) is 2.76. The molecule has 1 fully saturated rings. The molecule has 0 saturated heterocycles. The topological polar surface area (TPSA) is 57.6 Å². The van der Waals surface area contributed by atoms with Crippen molar-refractivity contribution in [3.63, 3.8) is 0 Å². The third-order valence-electron chi connectivity index (χ3n) is 3.43. The summed E-state index contributed by atoms with van der Waals surface area (Å²) in [5.41, 5.74) is 1.08. The van der Waals surface area contributed by atoms with Crippen LogP contribution in [0.2, 0.25) is 10.0 Å². The van der Waals surface area contributed by atoms with Crippen molar-refractivity contribution < 1.29 is 13.5 Å². The van der Waals surface area contributed by atoms with Crippen molar-refractivity contribution in [2.24, 2.45) is 0 Å². The predicted molar refractivity (Wildman–Crippen MR) is 79.9 cm³/mol. The van der Waals surface area contributed by atoms with Crippen molar-refractivity contribution in [2.75, 3.05) is 13.2 Å². The van der Waals surface area contributed by atoms with Crippen molar-refractivity contribution in [2.45, 2.75) is 37.6 Å². The highest BCUT2D eigenvalue weighted by molar-refractivity contribution is 7.89. The monoisotopic (exact) mass is 337 g/mol. The van der Waals surface area contributed by atoms with Gasteiger partial charge in [-0.25, -0.2) is 8.42 Å². The maximum Gasteiger partial charge on any atom is 0.245 e. The molecule has 1 aliphatic rings. The Labute approximate surface area is 129 Å². The zero-order valence-electron chi connectivity index (χ0n) is 11.4. The van der Waals surface area contributed by atoms with Gasteiger partial charge in [0.2, 0.25) is 10.0 Å². The van der Waals surface area contributed by atoms with Crippen molar-refractivity contribution >= 4 is 33.2 Å². The average Bonchev–Trinajstić information content (AvgIpc) is 3.17. The van der Waals surface area contributed by atoms with Gasteiger partial charge in [-0.3, -0.25) is 0 Å². The van der Waals surface area contributed by atoms with E-state index in [-0.39, 0.29) is 29.1 Å². The van der Waals surface area contributed by atoms with E-state index < -0.39 is 10.0 Å². The Morgan fingerprint density at radius 1 is 1.35 bits per heavy atom. The maximum absolute atomic E-state index is 12.8. The summed E-state index contributed by atoms with van der Waals surface area (Å²) in [4.78, 5) is 0.0597. The summed E-state index contributed by atoms with van der Waals surface area (Å²) in [7, 11) is -3.75. The number of sulfonamides is 1. The lowest BCUT2D eigenvalue weighted by molar-refractivity contribution is 0.250. The van der Waals surface area contributed by atoms with Crippen LogP contribution in [-0.4, -0.2) is 37.0 Å². The fourth-order valence-corrected chi connectivity index (χ4v) is 5.05. The van der Waals surface area contributed by atoms with Gasteiger partial charge in [-0.15, -0.1) is 0 Å². The smallest absolute Gasteiger partial charge is 0.245 e. The highest BCUT2D eigenvalue weighted by Crippen LogP contribution is 2.38. The Hall–Kier alpha value is -0.330. The van der Waals surface area contributed by atoms with E-state index in [1.807, 2.05) is 0 Å². The van der Waals surface area contributed by atoms with Gasteiger partial charge in [0.15, 0.2) is 0 Å². The van der Waals surface area contributed by atoms with Crippen molar-refractivity contribution in [1.82, 2.24) is 4.31 Å². The summed E-state index contributed by atoms with van der Waals surface area (Å²) >= 11 is 12.3. The molecule has 1 aromatic rings. The summed E-state index contributed by atoms with van der Waals surface area (Å²) in [5.74, 6) is 0. The Bertz CT molecular complexity index is 601. The molecule has 20 heavy (non-hydrogen) atoms. The molecular weight excluding hydrogens is 321 g/mol. The molecule has 1 aromatic carbocycles. The molecule has 0 atom stereocenters. The number of aliphatic hydroxyl groups is 1. The normalized spacial score (nSPS) is 15.9. The minimum Gasteiger partial charge on any atom is -0.395 e. The number of rotatable bonds is 5. The van der Waals surface area contributed by atoms with Crippen LogP contribution in [0.5, 0.6) is 0 Å². The fourth-order valence-electron chi connectivity index (χ4n) is 2.20. The lowest BCUT2D eigenvalue weighted by atomic mass is 10.2. The molecule has 0 radical (unpaired) electrons. The third kappa shape index (κ3) is 2.83. The maximum atomic E-state index is 12.8. The van der Waals surface area contributed by atoms with E-state index in [0.717, 1.165) is 12.8 Å². The molecule has 0 spiro atoms. The van der Waals surface area contributed by atoms with Gasteiger partial charge in [0.1, 0.15) is 4.90 Å². The number of benzene rings is 1. The van der Waals surface area contributed by atoms with E-state index in [0.29, 0.717) is 16.1 Å². The van der Waals surface area contributed by atoms with Gasteiger partial charge in [-0.2, -0.15) is 4.31 Å². The zero-order chi connectivity index (χ0) is 15.1. The molecular formula is C13H17Cl2NO3S. The van der Waals surface area contributed by atoms with Crippen LogP contribution in [0.15, 0.2) is 11.0 Å². The number of nitrogens with zero attached hydrogens (tertiary/aromatic N) is 1. The van der Waals surface area contributed by atoms with E-state index >= 15 is 0 Å². The largest absolute Gasteiger partial charge is 0.395 e. The van der Waals surface area contributed by atoms with Gasteiger partial charge < -0.3 is 5.11 Å². The molecule has 0 amide bonds. The van der Waals surface area contributed by atoms with Crippen LogP contribution in [0.4, 0.5) is 0 Å². The molecule has 7 heteroatoms. The van der Waals surface area contributed by atoms with Gasteiger partial charge in [0.25, 0.3) is 0 Å². The van der Waals surface area contributed by atoms with Crippen LogP contribution >= 0.6 is 23.2 Å². The Morgan fingerprint density at radius 3 is 2.45 bits per heavy atom. The van der Waals surface area contributed by atoms with E-state index in [2.05, 4.69) is 0 Å². The van der Waals surface area contributed by atoms with Crippen LogP contribution in [0.25, 0.3) is 0 Å². The van der Waals surface area contributed by atoms with Gasteiger partial charge in [0, 0.05) is 17.6 Å². The second-order valence-corrected chi connectivity index (χ2v) is 7.63. The lowest BCUT2D eigenvalue weighted by Gasteiger charge is -2.23. The highest BCUT2D eigenvalue weighted by atomic mass is 35.5. The number of aliphatic hydroxyl groups excluding tert-OH is 1. The van der Waals surface area contributed by atoms with Gasteiger partial charge in [-0.1, -0.05) is 23.2 Å². The average molecular weight is 338 g/mol. The molecule has 1 N–H and O–H groups in total. The first kappa shape index (κ1) is 16.0. The first-order chi connectivity index (χ1) is 9.30. The molecule has 0 heterocycles. The van der Waals surface area contributed by atoms with Crippen molar-refractivity contribution in [3.05, 3.63) is 27.2 Å². The zero-order valence-corrected chi connectivity index (χ0v) is 13.7. The van der Waals surface area contributed by atoms with Crippen molar-refractivity contribution in [3.8, 4) is 0 Å². The molecule has 0 unspecified atom stereocenters. The minimum absolute atomic E-state index is 0.0399. The summed E-state index contributed by atoms with van der Waals surface area (Å²) in [6, 6.07) is 1.62. The molecule has 1 aliphatic carbocycles. The molecule has 112 valence electrons. The third-order valence-corrected chi connectivity index (χ3v) is 6.54. The van der Waals surface area contributed by atoms with Gasteiger partial charge in [0.05, 0.1) is 11.6 Å². The molecule has 1 saturated carbocycles. The fraction of sp³-hybridized carbons (Fsp3) is 0.538. The number of hydrogen-bond acceptors (Lipinski definition) is 3. The SMILES string of the molecule is Cc1cc(Cl)c(C)c(S(=O)(=O)N(CCO)C2CC2)c1Cl. The van der Waals surface area contributed by atoms with E-state index in [4.69, 9.17) is 28.3 Å². The van der Waals surface area contributed by atoms with Crippen LogP contribution < -0.4 is 0 Å². The quantitative estimate of drug-likeness (QED) is 0.898. The van der Waals surface area contributed by atoms with Gasteiger partial charge >= 0.3 is 0 Å². The summed E-state index contributed by atoms with van der Waals surface area (Å²) < 4.78 is 27.0. The molecule has 0 aliphatic heterocycles. The van der Waals surface area contributed by atoms with Gasteiger partial charge in [-0.05, 0) is 43.9 Å². The van der Waals surface area contributed by atoms with Crippen molar-refractivity contribution in [1.29, 1.82) is 0 Å². The lowest BCUT2D eigenvalue weighted by Crippen LogP contribution is -2.36. The minimum atomic E-state index is -3.75. The van der Waals surface area contributed by atoms with Crippen LogP contribution in [0.3, 0.4) is 0 Å². The molecule has 0 aromatic heterocycles. The first-order valence-electron chi connectivity index (χ1n) is 6.38. The standard InChI is InChI=1S/C13H17Cl2NO3S/c1-8-7-11(14)9(2)13(12(8)15)20(18,19)16(5-6-17)10-3-4-10/h7,10,17H,3-6H2,1-2H3. The Kier molecular flexibility index (Phi) is 4.66. The second-order valence-electron chi connectivity index (χ2n) is 5.01. The highest BCUT2D eigenvalue weighted by Gasteiger charge is 2.39. The van der Waals surface area contributed by atoms with E-state index in [9.17, 15) is 8.42 Å². The van der Waals surface area contributed by atoms with Crippen LogP contribution in [0, 0.1) is 13.8 Å². The number of hydrogen-bond donors (Lipinski definition) is 1.